The summed E-state index contributed by atoms with van der Waals surface area (Å²) in [7, 11) is 0. The Morgan fingerprint density at radius 3 is 1.82 bits per heavy atom. The van der Waals surface area contributed by atoms with Gasteiger partial charge in [0.25, 0.3) is 0 Å². The zero-order valence-corrected chi connectivity index (χ0v) is 6.70. The number of halogens is 3. The smallest absolute Gasteiger partial charge is 0.342 e. The summed E-state index contributed by atoms with van der Waals surface area (Å²) in [5.41, 5.74) is 0. The SMILES string of the molecule is CC(C)C(C)OC(F)=C(F)F. The molecular formula is C7H11F3O. The second kappa shape index (κ2) is 4.26. The molecule has 1 nitrogen and oxygen atoms in total. The van der Waals surface area contributed by atoms with Gasteiger partial charge in [-0.2, -0.15) is 13.2 Å². The van der Waals surface area contributed by atoms with E-state index >= 15 is 0 Å². The lowest BCUT2D eigenvalue weighted by Crippen LogP contribution is -2.14. The molecule has 0 aromatic carbocycles. The molecule has 66 valence electrons. The van der Waals surface area contributed by atoms with E-state index in [1.54, 1.807) is 13.8 Å². The molecule has 0 heterocycles. The molecule has 0 spiro atoms. The molecule has 0 radical (unpaired) electrons. The third-order valence-corrected chi connectivity index (χ3v) is 1.38. The predicted octanol–water partition coefficient (Wildman–Crippen LogP) is 3.08. The monoisotopic (exact) mass is 168 g/mol. The minimum atomic E-state index is -2.41. The van der Waals surface area contributed by atoms with Gasteiger partial charge in [0.05, 0.1) is 0 Å². The number of rotatable bonds is 3. The van der Waals surface area contributed by atoms with Crippen LogP contribution in [0.2, 0.25) is 0 Å². The standard InChI is InChI=1S/C7H11F3O/c1-4(2)5(3)11-7(10)6(8)9/h4-5H,1-3H3. The van der Waals surface area contributed by atoms with E-state index in [1.807, 2.05) is 0 Å². The van der Waals surface area contributed by atoms with Crippen LogP contribution in [-0.4, -0.2) is 6.10 Å². The molecule has 0 aliphatic rings. The Morgan fingerprint density at radius 2 is 1.55 bits per heavy atom. The molecule has 0 amide bonds. The van der Waals surface area contributed by atoms with E-state index in [0.29, 0.717) is 0 Å². The molecule has 0 saturated carbocycles. The molecular weight excluding hydrogens is 157 g/mol. The van der Waals surface area contributed by atoms with E-state index in [1.165, 1.54) is 6.92 Å². The van der Waals surface area contributed by atoms with Gasteiger partial charge in [0.2, 0.25) is 0 Å². The Labute approximate surface area is 63.8 Å². The Kier molecular flexibility index (Phi) is 4.00. The van der Waals surface area contributed by atoms with Crippen molar-refractivity contribution in [1.29, 1.82) is 0 Å². The largest absolute Gasteiger partial charge is 0.464 e. The maximum atomic E-state index is 12.0. The van der Waals surface area contributed by atoms with E-state index in [0.717, 1.165) is 0 Å². The van der Waals surface area contributed by atoms with Crippen molar-refractivity contribution in [2.75, 3.05) is 0 Å². The van der Waals surface area contributed by atoms with Crippen molar-refractivity contribution in [3.63, 3.8) is 0 Å². The molecule has 1 atom stereocenters. The Hall–Kier alpha value is -0.670. The molecule has 11 heavy (non-hydrogen) atoms. The van der Waals surface area contributed by atoms with Gasteiger partial charge in [-0.05, 0) is 12.8 Å². The van der Waals surface area contributed by atoms with Crippen LogP contribution in [0, 0.1) is 5.92 Å². The molecule has 0 aromatic heterocycles. The summed E-state index contributed by atoms with van der Waals surface area (Å²) in [4.78, 5) is 0. The van der Waals surface area contributed by atoms with Crippen molar-refractivity contribution in [1.82, 2.24) is 0 Å². The van der Waals surface area contributed by atoms with Crippen LogP contribution in [0.3, 0.4) is 0 Å². The summed E-state index contributed by atoms with van der Waals surface area (Å²) >= 11 is 0. The highest BCUT2D eigenvalue weighted by molar-refractivity contribution is 4.82. The first-order chi connectivity index (χ1) is 4.95. The quantitative estimate of drug-likeness (QED) is 0.588. The summed E-state index contributed by atoms with van der Waals surface area (Å²) in [6.07, 6.45) is -2.94. The summed E-state index contributed by atoms with van der Waals surface area (Å²) in [6, 6.07) is -1.77. The molecule has 0 saturated heterocycles. The van der Waals surface area contributed by atoms with Gasteiger partial charge < -0.3 is 4.74 Å². The Morgan fingerprint density at radius 1 is 1.09 bits per heavy atom. The normalized spacial score (nSPS) is 13.0. The van der Waals surface area contributed by atoms with Gasteiger partial charge in [-0.15, -0.1) is 0 Å². The van der Waals surface area contributed by atoms with Gasteiger partial charge in [0, 0.05) is 0 Å². The van der Waals surface area contributed by atoms with Crippen molar-refractivity contribution in [3.05, 3.63) is 12.1 Å². The fraction of sp³-hybridized carbons (Fsp3) is 0.714. The van der Waals surface area contributed by atoms with Crippen LogP contribution >= 0.6 is 0 Å². The third kappa shape index (κ3) is 3.91. The number of hydrogen-bond donors (Lipinski definition) is 0. The fourth-order valence-electron chi connectivity index (χ4n) is 0.344. The van der Waals surface area contributed by atoms with Gasteiger partial charge in [0.15, 0.2) is 0 Å². The van der Waals surface area contributed by atoms with E-state index in [-0.39, 0.29) is 5.92 Å². The fourth-order valence-corrected chi connectivity index (χ4v) is 0.344. The van der Waals surface area contributed by atoms with Gasteiger partial charge in [-0.1, -0.05) is 13.8 Å². The minimum Gasteiger partial charge on any atom is -0.464 e. The van der Waals surface area contributed by atoms with Gasteiger partial charge in [-0.25, -0.2) is 0 Å². The molecule has 1 unspecified atom stereocenters. The average Bonchev–Trinajstić information content (AvgIpc) is 1.87. The van der Waals surface area contributed by atoms with Crippen LogP contribution in [0.1, 0.15) is 20.8 Å². The maximum Gasteiger partial charge on any atom is 0.342 e. The molecule has 0 aromatic rings. The van der Waals surface area contributed by atoms with Crippen LogP contribution in [0.15, 0.2) is 12.1 Å². The van der Waals surface area contributed by atoms with Crippen LogP contribution in [0.25, 0.3) is 0 Å². The number of ether oxygens (including phenoxy) is 1. The van der Waals surface area contributed by atoms with Crippen LogP contribution in [0.5, 0.6) is 0 Å². The number of hydrogen-bond acceptors (Lipinski definition) is 1. The summed E-state index contributed by atoms with van der Waals surface area (Å²) in [6.45, 7) is 5.05. The van der Waals surface area contributed by atoms with Crippen LogP contribution in [0.4, 0.5) is 13.2 Å². The van der Waals surface area contributed by atoms with Crippen molar-refractivity contribution in [3.8, 4) is 0 Å². The van der Waals surface area contributed by atoms with Gasteiger partial charge in [0.1, 0.15) is 6.10 Å². The van der Waals surface area contributed by atoms with E-state index < -0.39 is 18.2 Å². The predicted molar refractivity (Wildman–Crippen MR) is 35.7 cm³/mol. The lowest BCUT2D eigenvalue weighted by molar-refractivity contribution is 0.0363. The molecule has 0 N–H and O–H groups in total. The van der Waals surface area contributed by atoms with Gasteiger partial charge >= 0.3 is 12.1 Å². The lowest BCUT2D eigenvalue weighted by atomic mass is 10.1. The maximum absolute atomic E-state index is 12.0. The van der Waals surface area contributed by atoms with Crippen molar-refractivity contribution >= 4 is 0 Å². The Bertz CT molecular complexity index is 150. The molecule has 0 aliphatic carbocycles. The minimum absolute atomic E-state index is 0.0140. The molecule has 0 rings (SSSR count). The first-order valence-electron chi connectivity index (χ1n) is 3.32. The highest BCUT2D eigenvalue weighted by Gasteiger charge is 2.13. The Balaban J connectivity index is 3.96. The summed E-state index contributed by atoms with van der Waals surface area (Å²) in [5, 5.41) is 0. The summed E-state index contributed by atoms with van der Waals surface area (Å²) in [5.74, 6) is 0.0140. The highest BCUT2D eigenvalue weighted by Crippen LogP contribution is 2.16. The summed E-state index contributed by atoms with van der Waals surface area (Å²) < 4.78 is 39.1. The molecule has 0 bridgehead atoms. The first-order valence-corrected chi connectivity index (χ1v) is 3.32. The van der Waals surface area contributed by atoms with E-state index in [4.69, 9.17) is 0 Å². The van der Waals surface area contributed by atoms with Crippen molar-refractivity contribution in [2.24, 2.45) is 5.92 Å². The van der Waals surface area contributed by atoms with Gasteiger partial charge in [-0.3, -0.25) is 0 Å². The van der Waals surface area contributed by atoms with E-state index in [9.17, 15) is 13.2 Å². The van der Waals surface area contributed by atoms with Crippen LogP contribution < -0.4 is 0 Å². The van der Waals surface area contributed by atoms with E-state index in [2.05, 4.69) is 4.74 Å². The topological polar surface area (TPSA) is 9.23 Å². The average molecular weight is 168 g/mol. The molecule has 4 heteroatoms. The second-order valence-corrected chi connectivity index (χ2v) is 2.60. The van der Waals surface area contributed by atoms with Crippen molar-refractivity contribution in [2.45, 2.75) is 26.9 Å². The second-order valence-electron chi connectivity index (χ2n) is 2.60. The molecule has 0 fully saturated rings. The van der Waals surface area contributed by atoms with Crippen LogP contribution in [-0.2, 0) is 4.74 Å². The van der Waals surface area contributed by atoms with Crippen molar-refractivity contribution < 1.29 is 17.9 Å². The zero-order valence-electron chi connectivity index (χ0n) is 6.70. The third-order valence-electron chi connectivity index (χ3n) is 1.38. The lowest BCUT2D eigenvalue weighted by Gasteiger charge is -2.15. The molecule has 0 aliphatic heterocycles. The first kappa shape index (κ1) is 10.3. The zero-order chi connectivity index (χ0) is 9.02. The highest BCUT2D eigenvalue weighted by atomic mass is 19.3.